The van der Waals surface area contributed by atoms with E-state index in [1.54, 1.807) is 0 Å². The zero-order valence-corrected chi connectivity index (χ0v) is 10.5. The summed E-state index contributed by atoms with van der Waals surface area (Å²) in [6.45, 7) is 5.95. The summed E-state index contributed by atoms with van der Waals surface area (Å²) in [5.74, 6) is -0.840. The van der Waals surface area contributed by atoms with Gasteiger partial charge in [0, 0.05) is 11.1 Å². The maximum Gasteiger partial charge on any atom is 0.251 e. The van der Waals surface area contributed by atoms with E-state index >= 15 is 0 Å². The summed E-state index contributed by atoms with van der Waals surface area (Å²) in [6, 6.07) is 4.08. The zero-order valence-electron chi connectivity index (χ0n) is 10.5. The molecule has 17 heavy (non-hydrogen) atoms. The van der Waals surface area contributed by atoms with Gasteiger partial charge in [-0.2, -0.15) is 0 Å². The maximum absolute atomic E-state index is 13.2. The summed E-state index contributed by atoms with van der Waals surface area (Å²) in [7, 11) is 0. The third kappa shape index (κ3) is 3.73. The van der Waals surface area contributed by atoms with Crippen LogP contribution in [0.4, 0.5) is 10.1 Å². The van der Waals surface area contributed by atoms with E-state index in [-0.39, 0.29) is 17.1 Å². The molecule has 1 rings (SSSR count). The van der Waals surface area contributed by atoms with Crippen molar-refractivity contribution in [2.45, 2.75) is 39.2 Å². The fourth-order valence-electron chi connectivity index (χ4n) is 1.74. The van der Waals surface area contributed by atoms with Crippen LogP contribution in [0.5, 0.6) is 0 Å². The van der Waals surface area contributed by atoms with Crippen LogP contribution >= 0.6 is 0 Å². The summed E-state index contributed by atoms with van der Waals surface area (Å²) >= 11 is 0. The van der Waals surface area contributed by atoms with Crippen LogP contribution in [0.15, 0.2) is 18.2 Å². The highest BCUT2D eigenvalue weighted by molar-refractivity contribution is 5.95. The van der Waals surface area contributed by atoms with Gasteiger partial charge in [-0.25, -0.2) is 4.39 Å². The normalized spacial score (nSPS) is 11.3. The molecule has 0 saturated carbocycles. The van der Waals surface area contributed by atoms with Crippen molar-refractivity contribution >= 4 is 11.6 Å². The second-order valence-electron chi connectivity index (χ2n) is 4.82. The van der Waals surface area contributed by atoms with Crippen LogP contribution < -0.4 is 11.1 Å². The molecule has 3 N–H and O–H groups in total. The van der Waals surface area contributed by atoms with Gasteiger partial charge >= 0.3 is 0 Å². The molecule has 0 unspecified atom stereocenters. The maximum atomic E-state index is 13.2. The van der Waals surface area contributed by atoms with E-state index in [0.29, 0.717) is 5.56 Å². The molecule has 0 aliphatic rings. The minimum absolute atomic E-state index is 0.0503. The molecule has 1 aromatic carbocycles. The van der Waals surface area contributed by atoms with Gasteiger partial charge in [-0.05, 0) is 38.5 Å². The monoisotopic (exact) mass is 238 g/mol. The predicted octanol–water partition coefficient (Wildman–Crippen LogP) is 2.72. The highest BCUT2D eigenvalue weighted by Gasteiger charge is 2.20. The Morgan fingerprint density at radius 3 is 2.65 bits per heavy atom. The lowest BCUT2D eigenvalue weighted by atomic mass is 9.98. The SMILES string of the molecule is CCCC(C)(C)NC(=O)c1ccc(N)c(F)c1. The molecule has 0 saturated heterocycles. The number of anilines is 1. The van der Waals surface area contributed by atoms with E-state index in [1.165, 1.54) is 12.1 Å². The molecule has 1 aromatic rings. The van der Waals surface area contributed by atoms with Gasteiger partial charge in [0.2, 0.25) is 0 Å². The molecule has 0 aromatic heterocycles. The Morgan fingerprint density at radius 2 is 2.12 bits per heavy atom. The minimum Gasteiger partial charge on any atom is -0.396 e. The molecule has 4 heteroatoms. The number of carbonyl (C=O) groups excluding carboxylic acids is 1. The van der Waals surface area contributed by atoms with Crippen molar-refractivity contribution in [1.29, 1.82) is 0 Å². The van der Waals surface area contributed by atoms with Crippen LogP contribution in [-0.4, -0.2) is 11.4 Å². The van der Waals surface area contributed by atoms with Crippen molar-refractivity contribution in [2.75, 3.05) is 5.73 Å². The molecule has 0 fully saturated rings. The number of benzene rings is 1. The quantitative estimate of drug-likeness (QED) is 0.792. The van der Waals surface area contributed by atoms with Crippen molar-refractivity contribution in [3.63, 3.8) is 0 Å². The lowest BCUT2D eigenvalue weighted by Gasteiger charge is -2.25. The molecule has 0 aliphatic heterocycles. The number of rotatable bonds is 4. The van der Waals surface area contributed by atoms with Crippen molar-refractivity contribution < 1.29 is 9.18 Å². The summed E-state index contributed by atoms with van der Waals surface area (Å²) in [6.07, 6.45) is 1.85. The van der Waals surface area contributed by atoms with Gasteiger partial charge in [0.1, 0.15) is 5.82 Å². The van der Waals surface area contributed by atoms with Gasteiger partial charge in [0.25, 0.3) is 5.91 Å². The Labute approximate surface area is 101 Å². The summed E-state index contributed by atoms with van der Waals surface area (Å²) in [4.78, 5) is 11.9. The highest BCUT2D eigenvalue weighted by Crippen LogP contribution is 2.15. The number of hydrogen-bond donors (Lipinski definition) is 2. The van der Waals surface area contributed by atoms with Gasteiger partial charge in [0.05, 0.1) is 5.69 Å². The average molecular weight is 238 g/mol. The van der Waals surface area contributed by atoms with E-state index in [2.05, 4.69) is 12.2 Å². The van der Waals surface area contributed by atoms with Crippen LogP contribution in [0.1, 0.15) is 44.0 Å². The zero-order chi connectivity index (χ0) is 13.1. The standard InChI is InChI=1S/C13H19FN2O/c1-4-7-13(2,3)16-12(17)9-5-6-11(15)10(14)8-9/h5-6,8H,4,7,15H2,1-3H3,(H,16,17). The van der Waals surface area contributed by atoms with E-state index in [4.69, 9.17) is 5.73 Å². The first-order valence-corrected chi connectivity index (χ1v) is 5.73. The predicted molar refractivity (Wildman–Crippen MR) is 67.3 cm³/mol. The fraction of sp³-hybridized carbons (Fsp3) is 0.462. The van der Waals surface area contributed by atoms with Crippen molar-refractivity contribution in [3.8, 4) is 0 Å². The topological polar surface area (TPSA) is 55.1 Å². The third-order valence-corrected chi connectivity index (χ3v) is 2.59. The number of nitrogen functional groups attached to an aromatic ring is 1. The first-order chi connectivity index (χ1) is 7.85. The number of nitrogens with one attached hydrogen (secondary N) is 1. The highest BCUT2D eigenvalue weighted by atomic mass is 19.1. The van der Waals surface area contributed by atoms with Crippen LogP contribution in [-0.2, 0) is 0 Å². The van der Waals surface area contributed by atoms with Gasteiger partial charge in [0.15, 0.2) is 0 Å². The first kappa shape index (κ1) is 13.5. The smallest absolute Gasteiger partial charge is 0.251 e. The molecule has 94 valence electrons. The Balaban J connectivity index is 2.80. The van der Waals surface area contributed by atoms with Crippen LogP contribution in [0.2, 0.25) is 0 Å². The number of halogens is 1. The summed E-state index contributed by atoms with van der Waals surface area (Å²) < 4.78 is 13.2. The lowest BCUT2D eigenvalue weighted by Crippen LogP contribution is -2.43. The van der Waals surface area contributed by atoms with Crippen LogP contribution in [0, 0.1) is 5.82 Å². The molecule has 3 nitrogen and oxygen atoms in total. The fourth-order valence-corrected chi connectivity index (χ4v) is 1.74. The van der Waals surface area contributed by atoms with Crippen LogP contribution in [0.3, 0.4) is 0 Å². The second-order valence-corrected chi connectivity index (χ2v) is 4.82. The molecule has 0 heterocycles. The van der Waals surface area contributed by atoms with E-state index in [1.807, 2.05) is 13.8 Å². The molecule has 0 bridgehead atoms. The Kier molecular flexibility index (Phi) is 4.10. The average Bonchev–Trinajstić information content (AvgIpc) is 2.21. The lowest BCUT2D eigenvalue weighted by molar-refractivity contribution is 0.0908. The second kappa shape index (κ2) is 5.17. The molecular weight excluding hydrogens is 219 g/mol. The third-order valence-electron chi connectivity index (χ3n) is 2.59. The van der Waals surface area contributed by atoms with Gasteiger partial charge in [-0.1, -0.05) is 13.3 Å². The molecule has 0 aliphatic carbocycles. The van der Waals surface area contributed by atoms with Crippen molar-refractivity contribution in [2.24, 2.45) is 0 Å². The molecule has 1 amide bonds. The van der Waals surface area contributed by atoms with E-state index < -0.39 is 5.82 Å². The Morgan fingerprint density at radius 1 is 1.47 bits per heavy atom. The van der Waals surface area contributed by atoms with E-state index in [9.17, 15) is 9.18 Å². The van der Waals surface area contributed by atoms with Crippen molar-refractivity contribution in [3.05, 3.63) is 29.6 Å². The minimum atomic E-state index is -0.564. The molecule has 0 radical (unpaired) electrons. The van der Waals surface area contributed by atoms with E-state index in [0.717, 1.165) is 18.9 Å². The van der Waals surface area contributed by atoms with Gasteiger partial charge in [-0.3, -0.25) is 4.79 Å². The Bertz CT molecular complexity index is 416. The number of hydrogen-bond acceptors (Lipinski definition) is 2. The molecule has 0 atom stereocenters. The molecular formula is C13H19FN2O. The largest absolute Gasteiger partial charge is 0.396 e. The van der Waals surface area contributed by atoms with Gasteiger partial charge < -0.3 is 11.1 Å². The van der Waals surface area contributed by atoms with Crippen molar-refractivity contribution in [1.82, 2.24) is 5.32 Å². The number of nitrogens with two attached hydrogens (primary N) is 1. The number of carbonyl (C=O) groups is 1. The van der Waals surface area contributed by atoms with Gasteiger partial charge in [-0.15, -0.1) is 0 Å². The first-order valence-electron chi connectivity index (χ1n) is 5.73. The summed E-state index contributed by atoms with van der Waals surface area (Å²) in [5, 5.41) is 2.87. The Hall–Kier alpha value is -1.58. The summed E-state index contributed by atoms with van der Waals surface area (Å²) in [5.41, 5.74) is 5.41. The van der Waals surface area contributed by atoms with Crippen LogP contribution in [0.25, 0.3) is 0 Å². The molecule has 0 spiro atoms. The number of amides is 1.